The zero-order valence-electron chi connectivity index (χ0n) is 11.5. The lowest BCUT2D eigenvalue weighted by Crippen LogP contribution is -1.98. The molecule has 0 spiro atoms. The van der Waals surface area contributed by atoms with Crippen molar-refractivity contribution >= 4 is 58.0 Å². The van der Waals surface area contributed by atoms with E-state index < -0.39 is 0 Å². The van der Waals surface area contributed by atoms with E-state index in [0.29, 0.717) is 22.1 Å². The van der Waals surface area contributed by atoms with E-state index in [1.54, 1.807) is 19.2 Å². The highest BCUT2D eigenvalue weighted by Gasteiger charge is 2.10. The molecule has 7 heteroatoms. The SMILES string of the molecule is COc1cccc2c(Nc3ccc(Cl)cc3)nc(Cl)nc12.Cl. The van der Waals surface area contributed by atoms with Crippen LogP contribution < -0.4 is 10.1 Å². The zero-order valence-corrected chi connectivity index (χ0v) is 13.8. The van der Waals surface area contributed by atoms with Gasteiger partial charge in [-0.05, 0) is 48.0 Å². The van der Waals surface area contributed by atoms with Crippen LogP contribution in [0.2, 0.25) is 10.3 Å². The standard InChI is InChI=1S/C15H11Cl2N3O.ClH/c1-21-12-4-2-3-11-13(12)19-15(17)20-14(11)18-10-7-5-9(16)6-8-10;/h2-8H,1H3,(H,18,19,20);1H. The second kappa shape index (κ2) is 7.01. The van der Waals surface area contributed by atoms with Gasteiger partial charge in [0.05, 0.1) is 7.11 Å². The topological polar surface area (TPSA) is 47.0 Å². The fourth-order valence-corrected chi connectivity index (χ4v) is 2.32. The maximum atomic E-state index is 6.01. The molecule has 1 heterocycles. The Bertz CT molecular complexity index is 794. The number of para-hydroxylation sites is 1. The first-order chi connectivity index (χ1) is 10.2. The minimum Gasteiger partial charge on any atom is -0.494 e. The zero-order chi connectivity index (χ0) is 14.8. The van der Waals surface area contributed by atoms with Crippen LogP contribution in [0.25, 0.3) is 10.9 Å². The highest BCUT2D eigenvalue weighted by Crippen LogP contribution is 2.31. The molecule has 0 saturated carbocycles. The molecule has 0 aliphatic carbocycles. The lowest BCUT2D eigenvalue weighted by molar-refractivity contribution is 0.419. The monoisotopic (exact) mass is 355 g/mol. The normalized spacial score (nSPS) is 10.1. The molecule has 0 saturated heterocycles. The van der Waals surface area contributed by atoms with Crippen molar-refractivity contribution in [3.8, 4) is 5.75 Å². The van der Waals surface area contributed by atoms with Crippen LogP contribution >= 0.6 is 35.6 Å². The van der Waals surface area contributed by atoms with Gasteiger partial charge < -0.3 is 10.1 Å². The van der Waals surface area contributed by atoms with Crippen LogP contribution in [0.3, 0.4) is 0 Å². The molecule has 1 aromatic heterocycles. The predicted molar refractivity (Wildman–Crippen MR) is 93.1 cm³/mol. The second-order valence-electron chi connectivity index (χ2n) is 4.33. The van der Waals surface area contributed by atoms with Crippen molar-refractivity contribution in [2.45, 2.75) is 0 Å². The molecule has 0 aliphatic heterocycles. The highest BCUT2D eigenvalue weighted by molar-refractivity contribution is 6.30. The van der Waals surface area contributed by atoms with Crippen molar-refractivity contribution in [3.63, 3.8) is 0 Å². The molecule has 0 amide bonds. The van der Waals surface area contributed by atoms with Crippen molar-refractivity contribution in [3.05, 3.63) is 52.8 Å². The first-order valence-electron chi connectivity index (χ1n) is 6.20. The van der Waals surface area contributed by atoms with E-state index in [1.165, 1.54) is 0 Å². The van der Waals surface area contributed by atoms with E-state index in [9.17, 15) is 0 Å². The number of nitrogens with zero attached hydrogens (tertiary/aromatic N) is 2. The van der Waals surface area contributed by atoms with Crippen LogP contribution in [0.4, 0.5) is 11.5 Å². The minimum absolute atomic E-state index is 0. The molecule has 0 fully saturated rings. The third-order valence-corrected chi connectivity index (χ3v) is 3.41. The number of anilines is 2. The molecule has 1 N–H and O–H groups in total. The summed E-state index contributed by atoms with van der Waals surface area (Å²) in [5, 5.41) is 4.87. The fourth-order valence-electron chi connectivity index (χ4n) is 2.03. The van der Waals surface area contributed by atoms with Crippen LogP contribution in [0, 0.1) is 0 Å². The summed E-state index contributed by atoms with van der Waals surface area (Å²) in [5.74, 6) is 1.27. The lowest BCUT2D eigenvalue weighted by atomic mass is 10.2. The first kappa shape index (κ1) is 16.6. The Kier molecular flexibility index (Phi) is 5.29. The number of benzene rings is 2. The van der Waals surface area contributed by atoms with Crippen LogP contribution in [-0.4, -0.2) is 17.1 Å². The van der Waals surface area contributed by atoms with Crippen molar-refractivity contribution in [1.29, 1.82) is 0 Å². The van der Waals surface area contributed by atoms with Gasteiger partial charge in [-0.1, -0.05) is 17.7 Å². The van der Waals surface area contributed by atoms with Crippen LogP contribution in [-0.2, 0) is 0 Å². The quantitative estimate of drug-likeness (QED) is 0.662. The number of halogens is 3. The Morgan fingerprint density at radius 2 is 1.73 bits per heavy atom. The molecule has 0 unspecified atom stereocenters. The van der Waals surface area contributed by atoms with E-state index in [2.05, 4.69) is 15.3 Å². The van der Waals surface area contributed by atoms with Crippen LogP contribution in [0.1, 0.15) is 0 Å². The maximum Gasteiger partial charge on any atom is 0.225 e. The Labute approximate surface area is 143 Å². The smallest absolute Gasteiger partial charge is 0.225 e. The molecule has 0 aliphatic rings. The summed E-state index contributed by atoms with van der Waals surface area (Å²) in [6.07, 6.45) is 0. The molecular weight excluding hydrogens is 345 g/mol. The molecular formula is C15H12Cl3N3O. The average Bonchev–Trinajstić information content (AvgIpc) is 2.49. The summed E-state index contributed by atoms with van der Waals surface area (Å²) in [7, 11) is 1.59. The summed E-state index contributed by atoms with van der Waals surface area (Å²) < 4.78 is 5.31. The second-order valence-corrected chi connectivity index (χ2v) is 5.10. The van der Waals surface area contributed by atoms with E-state index >= 15 is 0 Å². The van der Waals surface area contributed by atoms with Crippen molar-refractivity contribution in [2.24, 2.45) is 0 Å². The van der Waals surface area contributed by atoms with Crippen molar-refractivity contribution in [2.75, 3.05) is 12.4 Å². The van der Waals surface area contributed by atoms with Gasteiger partial charge in [-0.3, -0.25) is 0 Å². The third kappa shape index (κ3) is 3.35. The third-order valence-electron chi connectivity index (χ3n) is 2.99. The molecule has 4 nitrogen and oxygen atoms in total. The molecule has 0 bridgehead atoms. The van der Waals surface area contributed by atoms with Gasteiger partial charge in [0.15, 0.2) is 0 Å². The molecule has 0 atom stereocenters. The molecule has 0 radical (unpaired) electrons. The molecule has 22 heavy (non-hydrogen) atoms. The Morgan fingerprint density at radius 1 is 1.00 bits per heavy atom. The number of rotatable bonds is 3. The van der Waals surface area contributed by atoms with Gasteiger partial charge in [0.2, 0.25) is 5.28 Å². The van der Waals surface area contributed by atoms with Crippen LogP contribution in [0.15, 0.2) is 42.5 Å². The summed E-state index contributed by atoms with van der Waals surface area (Å²) in [5.41, 5.74) is 1.52. The van der Waals surface area contributed by atoms with Gasteiger partial charge >= 0.3 is 0 Å². The number of methoxy groups -OCH3 is 1. The van der Waals surface area contributed by atoms with Crippen molar-refractivity contribution < 1.29 is 4.74 Å². The van der Waals surface area contributed by atoms with Crippen molar-refractivity contribution in [1.82, 2.24) is 9.97 Å². The molecule has 3 rings (SSSR count). The Hall–Kier alpha value is -1.75. The number of fused-ring (bicyclic) bond motifs is 1. The molecule has 3 aromatic rings. The highest BCUT2D eigenvalue weighted by atomic mass is 35.5. The van der Waals surface area contributed by atoms with Gasteiger partial charge in [0.1, 0.15) is 17.1 Å². The first-order valence-corrected chi connectivity index (χ1v) is 6.96. The van der Waals surface area contributed by atoms with E-state index in [1.807, 2.05) is 30.3 Å². The summed E-state index contributed by atoms with van der Waals surface area (Å²) >= 11 is 11.9. The Balaban J connectivity index is 0.00000176. The number of aromatic nitrogens is 2. The number of ether oxygens (including phenoxy) is 1. The number of hydrogen-bond acceptors (Lipinski definition) is 4. The predicted octanol–water partition coefficient (Wildman–Crippen LogP) is 5.11. The Morgan fingerprint density at radius 3 is 2.41 bits per heavy atom. The van der Waals surface area contributed by atoms with E-state index in [4.69, 9.17) is 27.9 Å². The van der Waals surface area contributed by atoms with E-state index in [0.717, 1.165) is 11.1 Å². The minimum atomic E-state index is 0. The fraction of sp³-hybridized carbons (Fsp3) is 0.0667. The van der Waals surface area contributed by atoms with Gasteiger partial charge in [-0.15, -0.1) is 12.4 Å². The van der Waals surface area contributed by atoms with Crippen LogP contribution in [0.5, 0.6) is 5.75 Å². The number of nitrogens with one attached hydrogen (secondary N) is 1. The average molecular weight is 357 g/mol. The number of hydrogen-bond donors (Lipinski definition) is 1. The summed E-state index contributed by atoms with van der Waals surface area (Å²) in [6.45, 7) is 0. The summed E-state index contributed by atoms with van der Waals surface area (Å²) in [6, 6.07) is 13.0. The van der Waals surface area contributed by atoms with E-state index in [-0.39, 0.29) is 17.7 Å². The molecule has 114 valence electrons. The maximum absolute atomic E-state index is 6.01. The largest absolute Gasteiger partial charge is 0.494 e. The lowest BCUT2D eigenvalue weighted by Gasteiger charge is -2.11. The summed E-state index contributed by atoms with van der Waals surface area (Å²) in [4.78, 5) is 8.48. The van der Waals surface area contributed by atoms with Gasteiger partial charge in [-0.2, -0.15) is 4.98 Å². The molecule has 2 aromatic carbocycles. The van der Waals surface area contributed by atoms with Gasteiger partial charge in [-0.25, -0.2) is 4.98 Å². The van der Waals surface area contributed by atoms with Gasteiger partial charge in [0.25, 0.3) is 0 Å². The van der Waals surface area contributed by atoms with Gasteiger partial charge in [0, 0.05) is 16.1 Å².